The first-order valence-corrected chi connectivity index (χ1v) is 4.28. The van der Waals surface area contributed by atoms with Gasteiger partial charge in [0.1, 0.15) is 11.9 Å². The zero-order chi connectivity index (χ0) is 10.0. The maximum Gasteiger partial charge on any atom is 0.268 e. The summed E-state index contributed by atoms with van der Waals surface area (Å²) in [6.45, 7) is 0. The van der Waals surface area contributed by atoms with Crippen molar-refractivity contribution in [1.29, 1.82) is 5.26 Å². The van der Waals surface area contributed by atoms with Gasteiger partial charge >= 0.3 is 0 Å². The van der Waals surface area contributed by atoms with E-state index in [2.05, 4.69) is 4.98 Å². The van der Waals surface area contributed by atoms with E-state index in [1.807, 2.05) is 0 Å². The molecular weight excluding hydrogens is 291 g/mol. The Labute approximate surface area is 86.7 Å². The highest BCUT2D eigenvalue weighted by atomic mass is 127. The Morgan fingerprint density at radius 3 is 2.69 bits per heavy atom. The summed E-state index contributed by atoms with van der Waals surface area (Å²) < 4.78 is 24.9. The van der Waals surface area contributed by atoms with Gasteiger partial charge in [0.25, 0.3) is 6.43 Å². The number of nitrogens with two attached hydrogens (primary N) is 1. The van der Waals surface area contributed by atoms with Crippen molar-refractivity contribution in [3.8, 4) is 6.07 Å². The highest BCUT2D eigenvalue weighted by molar-refractivity contribution is 14.1. The summed E-state index contributed by atoms with van der Waals surface area (Å²) in [5.74, 6) is -0.224. The lowest BCUT2D eigenvalue weighted by Gasteiger charge is -2.06. The van der Waals surface area contributed by atoms with Crippen LogP contribution in [0.15, 0.2) is 6.20 Å². The molecule has 1 aromatic heterocycles. The fourth-order valence-electron chi connectivity index (χ4n) is 0.803. The maximum absolute atomic E-state index is 12.4. The molecule has 2 N–H and O–H groups in total. The smallest absolute Gasteiger partial charge is 0.268 e. The van der Waals surface area contributed by atoms with Crippen LogP contribution in [-0.4, -0.2) is 4.98 Å². The minimum Gasteiger partial charge on any atom is -0.383 e. The highest BCUT2D eigenvalue weighted by Crippen LogP contribution is 2.29. The fraction of sp³-hybridized carbons (Fsp3) is 0.143. The van der Waals surface area contributed by atoms with E-state index in [0.29, 0.717) is 0 Å². The minimum absolute atomic E-state index is 0.116. The molecule has 0 spiro atoms. The Bertz CT molecular complexity index is 373. The van der Waals surface area contributed by atoms with Gasteiger partial charge in [-0.2, -0.15) is 5.26 Å². The van der Waals surface area contributed by atoms with Crippen molar-refractivity contribution in [3.05, 3.63) is 20.9 Å². The van der Waals surface area contributed by atoms with E-state index in [1.165, 1.54) is 6.20 Å². The zero-order valence-electron chi connectivity index (χ0n) is 6.26. The maximum atomic E-state index is 12.4. The second-order valence-electron chi connectivity index (χ2n) is 2.20. The van der Waals surface area contributed by atoms with Crippen LogP contribution >= 0.6 is 22.6 Å². The summed E-state index contributed by atoms with van der Waals surface area (Å²) in [7, 11) is 0. The zero-order valence-corrected chi connectivity index (χ0v) is 8.42. The summed E-state index contributed by atoms with van der Waals surface area (Å²) >= 11 is 1.66. The molecule has 0 atom stereocenters. The first-order valence-electron chi connectivity index (χ1n) is 3.20. The molecular formula is C7H4F2IN3. The molecule has 3 nitrogen and oxygen atoms in total. The first-order chi connectivity index (χ1) is 6.07. The predicted octanol–water partition coefficient (Wildman–Crippen LogP) is 2.08. The quantitative estimate of drug-likeness (QED) is 0.807. The third-order valence-corrected chi connectivity index (χ3v) is 2.58. The molecule has 0 radical (unpaired) electrons. The Kier molecular flexibility index (Phi) is 2.98. The monoisotopic (exact) mass is 295 g/mol. The van der Waals surface area contributed by atoms with Gasteiger partial charge in [0.05, 0.1) is 11.1 Å². The number of aromatic nitrogens is 1. The molecule has 1 heterocycles. The first kappa shape index (κ1) is 10.1. The van der Waals surface area contributed by atoms with Crippen LogP contribution in [0.2, 0.25) is 0 Å². The van der Waals surface area contributed by atoms with Gasteiger partial charge in [-0.25, -0.2) is 13.8 Å². The molecule has 0 aliphatic heterocycles. The lowest BCUT2D eigenvalue weighted by atomic mass is 10.2. The summed E-state index contributed by atoms with van der Waals surface area (Å²) in [4.78, 5) is 3.50. The van der Waals surface area contributed by atoms with E-state index in [-0.39, 0.29) is 20.5 Å². The van der Waals surface area contributed by atoms with Crippen molar-refractivity contribution in [2.24, 2.45) is 0 Å². The summed E-state index contributed by atoms with van der Waals surface area (Å²) in [5, 5.41) is 8.54. The van der Waals surface area contributed by atoms with Crippen LogP contribution in [0.3, 0.4) is 0 Å². The van der Waals surface area contributed by atoms with Crippen LogP contribution in [0.4, 0.5) is 14.6 Å². The largest absolute Gasteiger partial charge is 0.383 e. The molecule has 13 heavy (non-hydrogen) atoms. The predicted molar refractivity (Wildman–Crippen MR) is 51.0 cm³/mol. The molecule has 68 valence electrons. The average Bonchev–Trinajstić information content (AvgIpc) is 2.04. The third kappa shape index (κ3) is 1.85. The van der Waals surface area contributed by atoms with Gasteiger partial charge in [-0.05, 0) is 22.6 Å². The molecule has 0 fully saturated rings. The molecule has 0 bridgehead atoms. The van der Waals surface area contributed by atoms with Gasteiger partial charge in [0.2, 0.25) is 0 Å². The van der Waals surface area contributed by atoms with E-state index in [9.17, 15) is 8.78 Å². The molecule has 0 amide bonds. The highest BCUT2D eigenvalue weighted by Gasteiger charge is 2.18. The van der Waals surface area contributed by atoms with Crippen molar-refractivity contribution in [2.45, 2.75) is 6.43 Å². The third-order valence-electron chi connectivity index (χ3n) is 1.42. The normalized spacial score (nSPS) is 10.1. The number of hydrogen-bond acceptors (Lipinski definition) is 3. The molecule has 6 heteroatoms. The Morgan fingerprint density at radius 1 is 1.62 bits per heavy atom. The molecule has 0 aliphatic carbocycles. The fourth-order valence-corrected chi connectivity index (χ4v) is 1.57. The van der Waals surface area contributed by atoms with Crippen LogP contribution in [0.1, 0.15) is 17.6 Å². The topological polar surface area (TPSA) is 62.7 Å². The van der Waals surface area contributed by atoms with Gasteiger partial charge in [0.15, 0.2) is 0 Å². The van der Waals surface area contributed by atoms with Gasteiger partial charge < -0.3 is 5.73 Å². The Morgan fingerprint density at radius 2 is 2.23 bits per heavy atom. The van der Waals surface area contributed by atoms with E-state index < -0.39 is 6.43 Å². The standard InChI is InChI=1S/C7H4F2IN3/c8-6(9)4-5(10)3(1-11)2-13-7(4)12/h2,6H,(H2,12,13). The van der Waals surface area contributed by atoms with E-state index in [1.54, 1.807) is 28.7 Å². The molecule has 0 aliphatic rings. The molecule has 1 rings (SSSR count). The van der Waals surface area contributed by atoms with Crippen molar-refractivity contribution >= 4 is 28.4 Å². The van der Waals surface area contributed by atoms with Crippen LogP contribution in [0.25, 0.3) is 0 Å². The van der Waals surface area contributed by atoms with Crippen molar-refractivity contribution in [3.63, 3.8) is 0 Å². The SMILES string of the molecule is N#Cc1cnc(N)c(C(F)F)c1I. The Balaban J connectivity index is 3.41. The van der Waals surface area contributed by atoms with Gasteiger partial charge in [0, 0.05) is 9.77 Å². The van der Waals surface area contributed by atoms with Crippen molar-refractivity contribution < 1.29 is 8.78 Å². The molecule has 0 saturated heterocycles. The Hall–Kier alpha value is -0.970. The van der Waals surface area contributed by atoms with E-state index >= 15 is 0 Å². The van der Waals surface area contributed by atoms with Crippen molar-refractivity contribution in [1.82, 2.24) is 4.98 Å². The van der Waals surface area contributed by atoms with Crippen LogP contribution in [0.5, 0.6) is 0 Å². The van der Waals surface area contributed by atoms with Crippen LogP contribution in [0, 0.1) is 14.9 Å². The minimum atomic E-state index is -2.70. The van der Waals surface area contributed by atoms with E-state index in [4.69, 9.17) is 11.0 Å². The molecule has 0 unspecified atom stereocenters. The lowest BCUT2D eigenvalue weighted by Crippen LogP contribution is -2.02. The molecule has 0 aromatic carbocycles. The second-order valence-corrected chi connectivity index (χ2v) is 3.28. The van der Waals surface area contributed by atoms with Gasteiger partial charge in [-0.1, -0.05) is 0 Å². The number of nitrogens with zero attached hydrogens (tertiary/aromatic N) is 2. The summed E-state index contributed by atoms with van der Waals surface area (Å²) in [5.41, 5.74) is 4.99. The van der Waals surface area contributed by atoms with Gasteiger partial charge in [-0.3, -0.25) is 0 Å². The number of nitriles is 1. The second kappa shape index (κ2) is 3.83. The average molecular weight is 295 g/mol. The van der Waals surface area contributed by atoms with E-state index in [0.717, 1.165) is 0 Å². The van der Waals surface area contributed by atoms with Crippen LogP contribution < -0.4 is 5.73 Å². The number of anilines is 1. The number of halogens is 3. The number of alkyl halides is 2. The van der Waals surface area contributed by atoms with Crippen molar-refractivity contribution in [2.75, 3.05) is 5.73 Å². The number of pyridine rings is 1. The van der Waals surface area contributed by atoms with Crippen LogP contribution in [-0.2, 0) is 0 Å². The number of nitrogen functional groups attached to an aromatic ring is 1. The number of rotatable bonds is 1. The number of hydrogen-bond donors (Lipinski definition) is 1. The lowest BCUT2D eigenvalue weighted by molar-refractivity contribution is 0.151. The summed E-state index contributed by atoms with van der Waals surface area (Å²) in [6.07, 6.45) is -1.52. The molecule has 0 saturated carbocycles. The summed E-state index contributed by atoms with van der Waals surface area (Å²) in [6, 6.07) is 1.76. The molecule has 1 aromatic rings. The van der Waals surface area contributed by atoms with Gasteiger partial charge in [-0.15, -0.1) is 0 Å².